The van der Waals surface area contributed by atoms with E-state index in [1.165, 1.54) is 56.2 Å². The van der Waals surface area contributed by atoms with Gasteiger partial charge in [0.15, 0.2) is 0 Å². The predicted molar refractivity (Wildman–Crippen MR) is 264 cm³/mol. The molecule has 0 aromatic heterocycles. The molecule has 71 heavy (non-hydrogen) atoms. The lowest BCUT2D eigenvalue weighted by Gasteiger charge is -2.14. The highest BCUT2D eigenvalue weighted by atomic mass is 16.6. The molecule has 0 aromatic rings. The average molecular weight is 1020 g/mol. The summed E-state index contributed by atoms with van der Waals surface area (Å²) in [5, 5.41) is 28.1. The third-order valence-electron chi connectivity index (χ3n) is 10.4. The molecule has 2 amide bonds. The van der Waals surface area contributed by atoms with Crippen LogP contribution in [0, 0.1) is 5.53 Å². The smallest absolute Gasteiger partial charge is 0.326 e. The van der Waals surface area contributed by atoms with E-state index in [9.17, 15) is 24.3 Å². The van der Waals surface area contributed by atoms with E-state index in [1.54, 1.807) is 0 Å². The maximum absolute atomic E-state index is 12.3. The minimum absolute atomic E-state index is 0.00532. The van der Waals surface area contributed by atoms with E-state index in [0.29, 0.717) is 152 Å². The zero-order valence-electron chi connectivity index (χ0n) is 43.0. The van der Waals surface area contributed by atoms with Crippen LogP contribution in [0.3, 0.4) is 0 Å². The molecule has 0 heterocycles. The lowest BCUT2D eigenvalue weighted by atomic mass is 10.0. The van der Waals surface area contributed by atoms with Crippen molar-refractivity contribution in [3.8, 4) is 0 Å². The molecule has 0 saturated carbocycles. The van der Waals surface area contributed by atoms with Crippen molar-refractivity contribution in [3.63, 3.8) is 0 Å². The summed E-state index contributed by atoms with van der Waals surface area (Å²) < 4.78 is 60.2. The monoisotopic (exact) mass is 1020 g/mol. The molecule has 0 radical (unpaired) electrons. The number of amides is 2. The summed E-state index contributed by atoms with van der Waals surface area (Å²) in [5.74, 6) is -2.49. The highest BCUT2D eigenvalue weighted by molar-refractivity contribution is 5.84. The second-order valence-electron chi connectivity index (χ2n) is 16.4. The number of hydrogen-bond donors (Lipinski definition) is 5. The molecular formula is C49H93N5O17. The highest BCUT2D eigenvalue weighted by Crippen LogP contribution is 2.14. The summed E-state index contributed by atoms with van der Waals surface area (Å²) in [5.41, 5.74) is 6.91. The molecule has 0 saturated heterocycles. The van der Waals surface area contributed by atoms with Gasteiger partial charge in [0.1, 0.15) is 6.04 Å². The van der Waals surface area contributed by atoms with Gasteiger partial charge in [-0.05, 0) is 19.3 Å². The Morgan fingerprint density at radius 3 is 1.07 bits per heavy atom. The van der Waals surface area contributed by atoms with E-state index in [4.69, 9.17) is 62.7 Å². The minimum atomic E-state index is -1.16. The van der Waals surface area contributed by atoms with Gasteiger partial charge in [0.05, 0.1) is 152 Å². The van der Waals surface area contributed by atoms with Crippen LogP contribution in [0.15, 0.2) is 18.0 Å². The van der Waals surface area contributed by atoms with Crippen molar-refractivity contribution in [1.29, 1.82) is 5.53 Å². The van der Waals surface area contributed by atoms with Gasteiger partial charge in [0, 0.05) is 32.0 Å². The first-order chi connectivity index (χ1) is 34.8. The first-order valence-electron chi connectivity index (χ1n) is 25.9. The fourth-order valence-corrected chi connectivity index (χ4v) is 6.47. The minimum Gasteiger partial charge on any atom is -0.481 e. The summed E-state index contributed by atoms with van der Waals surface area (Å²) in [6, 6.07) is -1.11. The highest BCUT2D eigenvalue weighted by Gasteiger charge is 2.21. The third kappa shape index (κ3) is 54.2. The Labute approximate surface area is 423 Å². The summed E-state index contributed by atoms with van der Waals surface area (Å²) in [4.78, 5) is 46.8. The lowest BCUT2D eigenvalue weighted by molar-refractivity contribution is -0.142. The first kappa shape index (κ1) is 67.6. The molecule has 1 atom stereocenters. The summed E-state index contributed by atoms with van der Waals surface area (Å²) in [7, 11) is 0. The number of ether oxygens (including phenoxy) is 11. The van der Waals surface area contributed by atoms with Gasteiger partial charge in [-0.15, -0.1) is 0 Å². The molecular weight excluding hydrogens is 931 g/mol. The van der Waals surface area contributed by atoms with Gasteiger partial charge in [-0.25, -0.2) is 4.79 Å². The second-order valence-corrected chi connectivity index (χ2v) is 16.4. The molecule has 0 spiro atoms. The van der Waals surface area contributed by atoms with E-state index >= 15 is 0 Å². The Hall–Kier alpha value is -3.42. The summed E-state index contributed by atoms with van der Waals surface area (Å²) in [6.07, 6.45) is 17.2. The van der Waals surface area contributed by atoms with Crippen LogP contribution in [-0.4, -0.2) is 203 Å². The van der Waals surface area contributed by atoms with Gasteiger partial charge in [-0.3, -0.25) is 19.4 Å². The fraction of sp³-hybridized carbons (Fsp3) is 0.878. The van der Waals surface area contributed by atoms with Crippen molar-refractivity contribution in [2.24, 2.45) is 5.22 Å². The van der Waals surface area contributed by atoms with Crippen LogP contribution in [0.2, 0.25) is 0 Å². The van der Waals surface area contributed by atoms with Gasteiger partial charge in [0.2, 0.25) is 11.8 Å². The van der Waals surface area contributed by atoms with E-state index in [0.717, 1.165) is 38.5 Å². The summed E-state index contributed by atoms with van der Waals surface area (Å²) in [6.45, 7) is 14.0. The lowest BCUT2D eigenvalue weighted by Crippen LogP contribution is -2.41. The number of carboxylic acids is 2. The fourth-order valence-electron chi connectivity index (χ4n) is 6.47. The summed E-state index contributed by atoms with van der Waals surface area (Å²) >= 11 is 0. The number of unbranched alkanes of at least 4 members (excludes halogenated alkanes) is 13. The number of nitrogens with zero attached hydrogens (tertiary/aromatic N) is 2. The maximum Gasteiger partial charge on any atom is 0.326 e. The molecule has 0 rings (SSSR count). The molecule has 22 heteroatoms. The first-order valence-corrected chi connectivity index (χ1v) is 25.9. The largest absolute Gasteiger partial charge is 0.481 e. The van der Waals surface area contributed by atoms with Gasteiger partial charge >= 0.3 is 11.9 Å². The molecule has 0 fully saturated rings. The van der Waals surface area contributed by atoms with Crippen LogP contribution in [0.5, 0.6) is 0 Å². The Morgan fingerprint density at radius 1 is 0.451 bits per heavy atom. The number of carbonyl (C=O) groups excluding carboxylic acids is 2. The number of aliphatic carboxylic acids is 2. The van der Waals surface area contributed by atoms with Crippen LogP contribution < -0.4 is 10.6 Å². The molecule has 0 unspecified atom stereocenters. The number of hydrogen-bond acceptors (Lipinski definition) is 17. The number of carbonyl (C=O) groups is 4. The normalized spacial score (nSPS) is 11.7. The van der Waals surface area contributed by atoms with Crippen molar-refractivity contribution >= 4 is 23.8 Å². The third-order valence-corrected chi connectivity index (χ3v) is 10.4. The van der Waals surface area contributed by atoms with Gasteiger partial charge in [-0.2, -0.15) is 5.53 Å². The number of rotatable bonds is 60. The quantitative estimate of drug-likeness (QED) is 0.0292. The van der Waals surface area contributed by atoms with Crippen LogP contribution in [0.25, 0.3) is 0 Å². The van der Waals surface area contributed by atoms with Crippen molar-refractivity contribution in [2.75, 3.05) is 158 Å². The Morgan fingerprint density at radius 2 is 0.761 bits per heavy atom. The van der Waals surface area contributed by atoms with Crippen molar-refractivity contribution in [1.82, 2.24) is 15.6 Å². The Kier molecular flexibility index (Phi) is 53.2. The average Bonchev–Trinajstić information content (AvgIpc) is 3.35. The van der Waals surface area contributed by atoms with Crippen LogP contribution >= 0.6 is 0 Å². The van der Waals surface area contributed by atoms with Crippen molar-refractivity contribution in [2.45, 2.75) is 122 Å². The van der Waals surface area contributed by atoms with E-state index < -0.39 is 18.0 Å². The van der Waals surface area contributed by atoms with Crippen molar-refractivity contribution < 1.29 is 81.5 Å². The van der Waals surface area contributed by atoms with Gasteiger partial charge < -0.3 is 73.0 Å². The molecule has 5 N–H and O–H groups in total. The molecule has 0 bridgehead atoms. The van der Waals surface area contributed by atoms with E-state index in [2.05, 4.69) is 22.4 Å². The topological polar surface area (TPSA) is 274 Å². The Bertz CT molecular complexity index is 1240. The zero-order valence-corrected chi connectivity index (χ0v) is 43.0. The van der Waals surface area contributed by atoms with Gasteiger partial charge in [0.25, 0.3) is 0 Å². The molecule has 0 aliphatic carbocycles. The van der Waals surface area contributed by atoms with Crippen LogP contribution in [-0.2, 0) is 71.3 Å². The molecule has 0 aliphatic heterocycles. The second kappa shape index (κ2) is 55.9. The van der Waals surface area contributed by atoms with Crippen LogP contribution in [0.1, 0.15) is 116 Å². The van der Waals surface area contributed by atoms with Crippen LogP contribution in [0.4, 0.5) is 0 Å². The van der Waals surface area contributed by atoms with E-state index in [1.807, 2.05) is 0 Å². The van der Waals surface area contributed by atoms with E-state index in [-0.39, 0.29) is 50.6 Å². The molecule has 416 valence electrons. The SMILES string of the molecule is C=CN(CCOCCOCCOCCOCCOCCOCCOCCOCCOCCOCCOCCNC(=O)CC[C@H](NC(=O)CCCCCCCCCCCCCCCCC(=O)O)C(=O)O)N=N. The predicted octanol–water partition coefficient (Wildman–Crippen LogP) is 5.35. The van der Waals surface area contributed by atoms with Gasteiger partial charge in [-0.1, -0.05) is 88.9 Å². The standard InChI is InChI=1S/C49H93N5O17/c1-2-54(53-50)22-24-62-26-28-64-30-32-66-34-36-68-38-40-70-42-44-71-43-41-69-39-37-67-35-33-65-31-29-63-27-25-61-23-21-51-46(55)20-19-45(49(59)60)52-47(56)17-15-13-11-9-7-5-3-4-6-8-10-12-14-16-18-48(57)58/h2,45,50H,1,3-44H2,(H,51,55)(H,52,56)(H,57,58)(H,59,60)/t45-/m0/s1. The zero-order chi connectivity index (χ0) is 51.8. The molecule has 0 aliphatic rings. The van der Waals surface area contributed by atoms with Crippen molar-refractivity contribution in [3.05, 3.63) is 12.8 Å². The molecule has 0 aromatic carbocycles. The molecule has 22 nitrogen and oxygen atoms in total. The number of nitrogens with one attached hydrogen (secondary N) is 3. The Balaban J connectivity index is 3.40. The number of carboxylic acid groups (broad SMARTS) is 2. The maximum atomic E-state index is 12.3.